The second kappa shape index (κ2) is 12.5. The average molecular weight is 553 g/mol. The van der Waals surface area contributed by atoms with E-state index in [1.165, 1.54) is 5.56 Å². The third-order valence-corrected chi connectivity index (χ3v) is 6.20. The standard InChI is InChI=1S/C22H27N5O2S.HI/c1-2-23-22(25-16-18-30(28,29)21-7-4-3-5-8-21)24-15-13-19-9-11-20(12-10-19)27-17-6-14-26-27;/h3-12,14,17H,2,13,15-16,18H2,1H3,(H2,23,24,25);1H. The molecule has 9 heteroatoms. The molecule has 0 saturated carbocycles. The van der Waals surface area contributed by atoms with Gasteiger partial charge in [0.25, 0.3) is 0 Å². The zero-order chi connectivity index (χ0) is 21.2. The van der Waals surface area contributed by atoms with Crippen molar-refractivity contribution in [2.24, 2.45) is 4.99 Å². The molecule has 0 fully saturated rings. The van der Waals surface area contributed by atoms with Crippen LogP contribution in [0.4, 0.5) is 0 Å². The first-order valence-electron chi connectivity index (χ1n) is 9.97. The van der Waals surface area contributed by atoms with E-state index in [0.717, 1.165) is 12.1 Å². The van der Waals surface area contributed by atoms with E-state index in [9.17, 15) is 8.42 Å². The molecule has 2 aromatic carbocycles. The molecule has 31 heavy (non-hydrogen) atoms. The van der Waals surface area contributed by atoms with Gasteiger partial charge in [-0.3, -0.25) is 4.99 Å². The van der Waals surface area contributed by atoms with Gasteiger partial charge in [0, 0.05) is 25.5 Å². The molecule has 7 nitrogen and oxygen atoms in total. The Morgan fingerprint density at radius 2 is 1.77 bits per heavy atom. The van der Waals surface area contributed by atoms with E-state index in [1.54, 1.807) is 36.5 Å². The monoisotopic (exact) mass is 553 g/mol. The molecule has 0 spiro atoms. The van der Waals surface area contributed by atoms with E-state index in [2.05, 4.69) is 32.9 Å². The summed E-state index contributed by atoms with van der Waals surface area (Å²) in [5.41, 5.74) is 2.21. The Labute approximate surface area is 200 Å². The van der Waals surface area contributed by atoms with E-state index in [1.807, 2.05) is 36.0 Å². The summed E-state index contributed by atoms with van der Waals surface area (Å²) in [7, 11) is -3.33. The number of halogens is 1. The van der Waals surface area contributed by atoms with Crippen LogP contribution in [0.15, 0.2) is 82.9 Å². The summed E-state index contributed by atoms with van der Waals surface area (Å²) in [4.78, 5) is 4.74. The van der Waals surface area contributed by atoms with Crippen LogP contribution in [0.2, 0.25) is 0 Å². The van der Waals surface area contributed by atoms with Crippen molar-refractivity contribution in [3.05, 3.63) is 78.6 Å². The largest absolute Gasteiger partial charge is 0.357 e. The number of benzene rings is 2. The average Bonchev–Trinajstić information content (AvgIpc) is 3.30. The second-order valence-corrected chi connectivity index (χ2v) is 8.80. The van der Waals surface area contributed by atoms with Crippen molar-refractivity contribution in [3.8, 4) is 5.69 Å². The highest BCUT2D eigenvalue weighted by atomic mass is 127. The molecule has 0 aliphatic carbocycles. The minimum atomic E-state index is -3.33. The summed E-state index contributed by atoms with van der Waals surface area (Å²) >= 11 is 0. The van der Waals surface area contributed by atoms with Crippen LogP contribution in [0.3, 0.4) is 0 Å². The number of guanidine groups is 1. The van der Waals surface area contributed by atoms with Crippen molar-refractivity contribution >= 4 is 39.8 Å². The highest BCUT2D eigenvalue weighted by molar-refractivity contribution is 14.0. The highest BCUT2D eigenvalue weighted by Crippen LogP contribution is 2.10. The molecule has 1 heterocycles. The first-order chi connectivity index (χ1) is 14.6. The van der Waals surface area contributed by atoms with E-state index in [4.69, 9.17) is 0 Å². The van der Waals surface area contributed by atoms with Gasteiger partial charge in [0.15, 0.2) is 15.8 Å². The SMILES string of the molecule is CCNC(=NCCS(=O)(=O)c1ccccc1)NCCc1ccc(-n2cccn2)cc1.I. The quantitative estimate of drug-likeness (QED) is 0.242. The Kier molecular flexibility index (Phi) is 9.99. The summed E-state index contributed by atoms with van der Waals surface area (Å²) in [6.07, 6.45) is 4.49. The fourth-order valence-electron chi connectivity index (χ4n) is 2.93. The fourth-order valence-corrected chi connectivity index (χ4v) is 4.07. The Morgan fingerprint density at radius 3 is 2.42 bits per heavy atom. The van der Waals surface area contributed by atoms with E-state index >= 15 is 0 Å². The van der Waals surface area contributed by atoms with Gasteiger partial charge in [-0.1, -0.05) is 30.3 Å². The number of aliphatic imine (C=N–C) groups is 1. The van der Waals surface area contributed by atoms with Crippen LogP contribution in [0, 0.1) is 0 Å². The van der Waals surface area contributed by atoms with Crippen LogP contribution in [0.25, 0.3) is 5.69 Å². The third kappa shape index (κ3) is 7.66. The normalized spacial score (nSPS) is 11.6. The topological polar surface area (TPSA) is 88.4 Å². The van der Waals surface area contributed by atoms with Crippen LogP contribution in [-0.2, 0) is 16.3 Å². The maximum absolute atomic E-state index is 12.4. The lowest BCUT2D eigenvalue weighted by Gasteiger charge is -2.12. The fraction of sp³-hybridized carbons (Fsp3) is 0.273. The van der Waals surface area contributed by atoms with Gasteiger partial charge in [-0.2, -0.15) is 5.10 Å². The Morgan fingerprint density at radius 1 is 1.03 bits per heavy atom. The Hall–Kier alpha value is -2.40. The molecule has 166 valence electrons. The number of hydrogen-bond donors (Lipinski definition) is 2. The second-order valence-electron chi connectivity index (χ2n) is 6.69. The molecule has 0 aliphatic rings. The van der Waals surface area contributed by atoms with Crippen LogP contribution in [0.5, 0.6) is 0 Å². The van der Waals surface area contributed by atoms with Crippen LogP contribution < -0.4 is 10.6 Å². The van der Waals surface area contributed by atoms with Gasteiger partial charge in [-0.05, 0) is 49.2 Å². The maximum Gasteiger partial charge on any atom is 0.191 e. The summed E-state index contributed by atoms with van der Waals surface area (Å²) in [5, 5.41) is 10.6. The minimum Gasteiger partial charge on any atom is -0.357 e. The first kappa shape index (κ1) is 24.9. The Balaban J connectivity index is 0.00000341. The third-order valence-electron chi connectivity index (χ3n) is 4.49. The Bertz CT molecular complexity index is 1040. The number of aromatic nitrogens is 2. The molecule has 2 N–H and O–H groups in total. The van der Waals surface area contributed by atoms with Gasteiger partial charge in [0.1, 0.15) is 0 Å². The van der Waals surface area contributed by atoms with Gasteiger partial charge in [0.2, 0.25) is 0 Å². The highest BCUT2D eigenvalue weighted by Gasteiger charge is 2.13. The summed E-state index contributed by atoms with van der Waals surface area (Å²) in [6, 6.07) is 18.6. The van der Waals surface area contributed by atoms with Gasteiger partial charge in [-0.25, -0.2) is 13.1 Å². The molecule has 0 radical (unpaired) electrons. The number of sulfone groups is 1. The van der Waals surface area contributed by atoms with E-state index < -0.39 is 9.84 Å². The zero-order valence-electron chi connectivity index (χ0n) is 17.4. The van der Waals surface area contributed by atoms with Crippen LogP contribution >= 0.6 is 24.0 Å². The van der Waals surface area contributed by atoms with E-state index in [0.29, 0.717) is 23.9 Å². The molecule has 1 aromatic heterocycles. The lowest BCUT2D eigenvalue weighted by molar-refractivity contribution is 0.596. The zero-order valence-corrected chi connectivity index (χ0v) is 20.6. The number of nitrogens with one attached hydrogen (secondary N) is 2. The predicted octanol–water partition coefficient (Wildman–Crippen LogP) is 3.06. The van der Waals surface area contributed by atoms with Crippen molar-refractivity contribution in [2.75, 3.05) is 25.4 Å². The lowest BCUT2D eigenvalue weighted by Crippen LogP contribution is -2.38. The molecule has 0 unspecified atom stereocenters. The summed E-state index contributed by atoms with van der Waals surface area (Å²) in [5.74, 6) is 0.594. The van der Waals surface area contributed by atoms with Crippen LogP contribution in [0.1, 0.15) is 12.5 Å². The van der Waals surface area contributed by atoms with Gasteiger partial charge in [-0.15, -0.1) is 24.0 Å². The van der Waals surface area contributed by atoms with Gasteiger partial charge < -0.3 is 10.6 Å². The van der Waals surface area contributed by atoms with Crippen molar-refractivity contribution in [1.29, 1.82) is 0 Å². The number of rotatable bonds is 9. The number of hydrogen-bond acceptors (Lipinski definition) is 4. The van der Waals surface area contributed by atoms with Crippen molar-refractivity contribution in [1.82, 2.24) is 20.4 Å². The molecule has 0 atom stereocenters. The predicted molar refractivity (Wildman–Crippen MR) is 135 cm³/mol. The summed E-state index contributed by atoms with van der Waals surface area (Å²) < 4.78 is 26.6. The van der Waals surface area contributed by atoms with Gasteiger partial charge >= 0.3 is 0 Å². The molecule has 3 rings (SSSR count). The van der Waals surface area contributed by atoms with Gasteiger partial charge in [0.05, 0.1) is 22.9 Å². The van der Waals surface area contributed by atoms with Crippen molar-refractivity contribution in [3.63, 3.8) is 0 Å². The van der Waals surface area contributed by atoms with Crippen LogP contribution in [-0.4, -0.2) is 49.5 Å². The minimum absolute atomic E-state index is 0. The number of nitrogens with zero attached hydrogens (tertiary/aromatic N) is 3. The molecule has 0 amide bonds. The molecule has 0 saturated heterocycles. The lowest BCUT2D eigenvalue weighted by atomic mass is 10.1. The molecule has 0 bridgehead atoms. The smallest absolute Gasteiger partial charge is 0.191 e. The molecule has 0 aliphatic heterocycles. The maximum atomic E-state index is 12.4. The summed E-state index contributed by atoms with van der Waals surface area (Å²) in [6.45, 7) is 3.57. The molecular formula is C22H28IN5O2S. The van der Waals surface area contributed by atoms with Crippen molar-refractivity contribution in [2.45, 2.75) is 18.2 Å². The molecule has 3 aromatic rings. The molecular weight excluding hydrogens is 525 g/mol. The first-order valence-corrected chi connectivity index (χ1v) is 11.6. The van der Waals surface area contributed by atoms with E-state index in [-0.39, 0.29) is 36.3 Å². The van der Waals surface area contributed by atoms with Crippen molar-refractivity contribution < 1.29 is 8.42 Å².